The Labute approximate surface area is 145 Å². The van der Waals surface area contributed by atoms with Gasteiger partial charge in [0.15, 0.2) is 0 Å². The topological polar surface area (TPSA) is 41.1 Å². The van der Waals surface area contributed by atoms with Crippen LogP contribution in [0.15, 0.2) is 36.4 Å². The van der Waals surface area contributed by atoms with Crippen LogP contribution in [0.1, 0.15) is 22.3 Å². The third-order valence-corrected chi connectivity index (χ3v) is 3.61. The number of benzene rings is 2. The summed E-state index contributed by atoms with van der Waals surface area (Å²) < 4.78 is 76.8. The van der Waals surface area contributed by atoms with Gasteiger partial charge in [0.25, 0.3) is 0 Å². The summed E-state index contributed by atoms with van der Waals surface area (Å²) in [6.07, 6.45) is -9.97. The second kappa shape index (κ2) is 6.89. The first-order valence-electron chi connectivity index (χ1n) is 7.31. The van der Waals surface area contributed by atoms with Gasteiger partial charge >= 0.3 is 18.4 Å². The molecule has 2 N–H and O–H groups in total. The molecule has 0 bridgehead atoms. The third kappa shape index (κ3) is 4.90. The molecular weight excluding hydrogens is 362 g/mol. The van der Waals surface area contributed by atoms with E-state index in [9.17, 15) is 31.1 Å². The first kappa shape index (κ1) is 19.6. The fourth-order valence-corrected chi connectivity index (χ4v) is 2.14. The van der Waals surface area contributed by atoms with Crippen LogP contribution in [-0.4, -0.2) is 6.03 Å². The maximum absolute atomic E-state index is 12.8. The molecule has 0 spiro atoms. The van der Waals surface area contributed by atoms with Crippen molar-refractivity contribution in [2.24, 2.45) is 0 Å². The van der Waals surface area contributed by atoms with Gasteiger partial charge in [-0.25, -0.2) is 4.79 Å². The Kier molecular flexibility index (Phi) is 5.20. The van der Waals surface area contributed by atoms with Crippen LogP contribution in [0.25, 0.3) is 0 Å². The second-order valence-corrected chi connectivity index (χ2v) is 5.67. The highest BCUT2D eigenvalue weighted by atomic mass is 19.4. The van der Waals surface area contributed by atoms with Crippen molar-refractivity contribution in [2.75, 3.05) is 10.6 Å². The van der Waals surface area contributed by atoms with Crippen LogP contribution in [0.5, 0.6) is 0 Å². The lowest BCUT2D eigenvalue weighted by molar-refractivity contribution is -0.143. The minimum atomic E-state index is -4.98. The molecule has 3 nitrogen and oxygen atoms in total. The molecule has 0 saturated carbocycles. The van der Waals surface area contributed by atoms with E-state index in [1.54, 1.807) is 25.1 Å². The average molecular weight is 376 g/mol. The molecular formula is C17H14F6N2O. The second-order valence-electron chi connectivity index (χ2n) is 5.67. The molecule has 9 heteroatoms. The number of nitrogens with one attached hydrogen (secondary N) is 2. The van der Waals surface area contributed by atoms with E-state index in [0.717, 1.165) is 11.1 Å². The molecule has 140 valence electrons. The van der Waals surface area contributed by atoms with Crippen molar-refractivity contribution >= 4 is 17.4 Å². The molecule has 0 aliphatic carbocycles. The Morgan fingerprint density at radius 2 is 1.23 bits per heavy atom. The van der Waals surface area contributed by atoms with E-state index in [-0.39, 0.29) is 6.07 Å². The number of amides is 2. The third-order valence-electron chi connectivity index (χ3n) is 3.61. The van der Waals surface area contributed by atoms with Gasteiger partial charge < -0.3 is 10.6 Å². The molecule has 2 amide bonds. The quantitative estimate of drug-likeness (QED) is 0.622. The fraction of sp³-hybridized carbons (Fsp3) is 0.235. The van der Waals surface area contributed by atoms with Gasteiger partial charge in [0.1, 0.15) is 0 Å². The summed E-state index contributed by atoms with van der Waals surface area (Å²) in [4.78, 5) is 11.9. The van der Waals surface area contributed by atoms with Gasteiger partial charge in [-0.3, -0.25) is 0 Å². The van der Waals surface area contributed by atoms with Crippen LogP contribution < -0.4 is 10.6 Å². The number of carbonyl (C=O) groups excluding carboxylic acids is 1. The Morgan fingerprint density at radius 1 is 0.731 bits per heavy atom. The molecule has 0 atom stereocenters. The number of rotatable bonds is 2. The van der Waals surface area contributed by atoms with E-state index in [2.05, 4.69) is 5.32 Å². The molecule has 0 aliphatic rings. The van der Waals surface area contributed by atoms with Crippen LogP contribution in [-0.2, 0) is 12.4 Å². The first-order chi connectivity index (χ1) is 11.9. The Hall–Kier alpha value is -2.71. The highest BCUT2D eigenvalue weighted by Crippen LogP contribution is 2.37. The van der Waals surface area contributed by atoms with Crippen LogP contribution in [0.4, 0.5) is 42.5 Å². The zero-order chi connectivity index (χ0) is 19.7. The number of aryl methyl sites for hydroxylation is 2. The predicted octanol–water partition coefficient (Wildman–Crippen LogP) is 5.99. The molecule has 2 aromatic rings. The monoisotopic (exact) mass is 376 g/mol. The van der Waals surface area contributed by atoms with Gasteiger partial charge in [0, 0.05) is 11.4 Å². The molecule has 2 aromatic carbocycles. The molecule has 0 unspecified atom stereocenters. The van der Waals surface area contributed by atoms with E-state index in [0.29, 0.717) is 17.8 Å². The van der Waals surface area contributed by atoms with Crippen molar-refractivity contribution in [3.8, 4) is 0 Å². The molecule has 0 aliphatic heterocycles. The standard InChI is InChI=1S/C17H14F6N2O/c1-9-3-4-13(5-10(9)2)24-15(26)25-14-7-11(16(18,19)20)6-12(8-14)17(21,22)23/h3-8H,1-2H3,(H2,24,25,26). The number of alkyl halides is 6. The maximum Gasteiger partial charge on any atom is 0.416 e. The molecule has 0 radical (unpaired) electrons. The van der Waals surface area contributed by atoms with Gasteiger partial charge in [-0.15, -0.1) is 0 Å². The lowest BCUT2D eigenvalue weighted by Gasteiger charge is -2.15. The number of urea groups is 1. The van der Waals surface area contributed by atoms with Crippen molar-refractivity contribution in [2.45, 2.75) is 26.2 Å². The Morgan fingerprint density at radius 3 is 1.69 bits per heavy atom. The van der Waals surface area contributed by atoms with Crippen LogP contribution in [0, 0.1) is 13.8 Å². The van der Waals surface area contributed by atoms with Crippen molar-refractivity contribution in [3.05, 3.63) is 58.7 Å². The van der Waals surface area contributed by atoms with E-state index in [1.807, 2.05) is 12.2 Å². The van der Waals surface area contributed by atoms with Crippen molar-refractivity contribution in [3.63, 3.8) is 0 Å². The average Bonchev–Trinajstić information content (AvgIpc) is 2.49. The highest BCUT2D eigenvalue weighted by molar-refractivity contribution is 5.99. The number of halogens is 6. The molecule has 0 aromatic heterocycles. The van der Waals surface area contributed by atoms with Crippen LogP contribution in [0.3, 0.4) is 0 Å². The summed E-state index contributed by atoms with van der Waals surface area (Å²) in [6.45, 7) is 3.64. The fourth-order valence-electron chi connectivity index (χ4n) is 2.14. The molecule has 0 heterocycles. The van der Waals surface area contributed by atoms with Gasteiger partial charge in [0.2, 0.25) is 0 Å². The largest absolute Gasteiger partial charge is 0.416 e. The van der Waals surface area contributed by atoms with Gasteiger partial charge in [-0.05, 0) is 55.3 Å². The number of anilines is 2. The summed E-state index contributed by atoms with van der Waals surface area (Å²) in [5.74, 6) is 0. The maximum atomic E-state index is 12.8. The Bertz CT molecular complexity index is 795. The molecule has 0 saturated heterocycles. The lowest BCUT2D eigenvalue weighted by atomic mass is 10.1. The van der Waals surface area contributed by atoms with Crippen molar-refractivity contribution in [1.82, 2.24) is 0 Å². The predicted molar refractivity (Wildman–Crippen MR) is 85.0 cm³/mol. The van der Waals surface area contributed by atoms with Crippen LogP contribution in [0.2, 0.25) is 0 Å². The number of hydrogen-bond acceptors (Lipinski definition) is 1. The molecule has 0 fully saturated rings. The normalized spacial score (nSPS) is 12.0. The van der Waals surface area contributed by atoms with Crippen molar-refractivity contribution < 1.29 is 31.1 Å². The van der Waals surface area contributed by atoms with E-state index < -0.39 is 35.2 Å². The SMILES string of the molecule is Cc1ccc(NC(=O)Nc2cc(C(F)(F)F)cc(C(F)(F)F)c2)cc1C. The van der Waals surface area contributed by atoms with E-state index >= 15 is 0 Å². The summed E-state index contributed by atoms with van der Waals surface area (Å²) in [7, 11) is 0. The first-order valence-corrected chi connectivity index (χ1v) is 7.31. The lowest BCUT2D eigenvalue weighted by Crippen LogP contribution is -2.21. The highest BCUT2D eigenvalue weighted by Gasteiger charge is 2.37. The zero-order valence-electron chi connectivity index (χ0n) is 13.6. The minimum Gasteiger partial charge on any atom is -0.308 e. The van der Waals surface area contributed by atoms with Gasteiger partial charge in [0.05, 0.1) is 11.1 Å². The minimum absolute atomic E-state index is 0.00752. The van der Waals surface area contributed by atoms with E-state index in [1.165, 1.54) is 0 Å². The van der Waals surface area contributed by atoms with Gasteiger partial charge in [-0.1, -0.05) is 6.07 Å². The summed E-state index contributed by atoms with van der Waals surface area (Å²) in [6, 6.07) is 4.83. The molecule has 26 heavy (non-hydrogen) atoms. The van der Waals surface area contributed by atoms with E-state index in [4.69, 9.17) is 0 Å². The summed E-state index contributed by atoms with van der Waals surface area (Å²) in [5.41, 5.74) is -1.45. The number of hydrogen-bond donors (Lipinski definition) is 2. The molecule has 2 rings (SSSR count). The Balaban J connectivity index is 2.27. The van der Waals surface area contributed by atoms with Crippen molar-refractivity contribution in [1.29, 1.82) is 0 Å². The van der Waals surface area contributed by atoms with Crippen LogP contribution >= 0.6 is 0 Å². The van der Waals surface area contributed by atoms with Gasteiger partial charge in [-0.2, -0.15) is 26.3 Å². The number of carbonyl (C=O) groups is 1. The zero-order valence-corrected chi connectivity index (χ0v) is 13.6. The smallest absolute Gasteiger partial charge is 0.308 e. The summed E-state index contributed by atoms with van der Waals surface area (Å²) >= 11 is 0. The summed E-state index contributed by atoms with van der Waals surface area (Å²) in [5, 5.41) is 4.36.